The topological polar surface area (TPSA) is 29.9 Å². The van der Waals surface area contributed by atoms with E-state index in [9.17, 15) is 8.78 Å². The molecule has 102 valence electrons. The molecule has 19 heavy (non-hydrogen) atoms. The number of nitrogens with zero attached hydrogens (tertiary/aromatic N) is 2. The first-order valence-electron chi connectivity index (χ1n) is 6.30. The van der Waals surface area contributed by atoms with Crippen LogP contribution in [0.15, 0.2) is 36.9 Å². The summed E-state index contributed by atoms with van der Waals surface area (Å²) in [7, 11) is 0. The van der Waals surface area contributed by atoms with Crippen molar-refractivity contribution in [3.8, 4) is 0 Å². The lowest BCUT2D eigenvalue weighted by atomic mass is 10.1. The Hall–Kier alpha value is -1.75. The molecule has 1 N–H and O–H groups in total. The zero-order valence-electron chi connectivity index (χ0n) is 10.8. The zero-order valence-corrected chi connectivity index (χ0v) is 10.8. The second-order valence-corrected chi connectivity index (χ2v) is 4.53. The molecule has 0 amide bonds. The van der Waals surface area contributed by atoms with Crippen LogP contribution in [-0.2, 0) is 6.54 Å². The van der Waals surface area contributed by atoms with Crippen molar-refractivity contribution in [1.82, 2.24) is 14.9 Å². The van der Waals surface area contributed by atoms with Crippen molar-refractivity contribution in [2.75, 3.05) is 6.54 Å². The van der Waals surface area contributed by atoms with E-state index in [1.54, 1.807) is 12.5 Å². The van der Waals surface area contributed by atoms with Crippen molar-refractivity contribution >= 4 is 0 Å². The molecule has 0 aliphatic rings. The van der Waals surface area contributed by atoms with Gasteiger partial charge in [-0.1, -0.05) is 0 Å². The van der Waals surface area contributed by atoms with Crippen LogP contribution in [0, 0.1) is 11.6 Å². The van der Waals surface area contributed by atoms with Gasteiger partial charge in [-0.25, -0.2) is 13.8 Å². The summed E-state index contributed by atoms with van der Waals surface area (Å²) in [4.78, 5) is 3.96. The van der Waals surface area contributed by atoms with E-state index < -0.39 is 11.6 Å². The lowest BCUT2D eigenvalue weighted by Gasteiger charge is -2.14. The van der Waals surface area contributed by atoms with Crippen LogP contribution in [0.1, 0.15) is 24.9 Å². The molecular formula is C14H17F2N3. The molecule has 0 spiro atoms. The summed E-state index contributed by atoms with van der Waals surface area (Å²) in [5.74, 6) is -1.08. The van der Waals surface area contributed by atoms with Crippen LogP contribution < -0.4 is 5.32 Å². The second-order valence-electron chi connectivity index (χ2n) is 4.53. The number of hydrogen-bond acceptors (Lipinski definition) is 2. The number of aryl methyl sites for hydroxylation is 1. The first-order chi connectivity index (χ1) is 9.15. The minimum atomic E-state index is -0.540. The van der Waals surface area contributed by atoms with Crippen LogP contribution in [-0.4, -0.2) is 16.1 Å². The molecule has 3 nitrogen and oxygen atoms in total. The second kappa shape index (κ2) is 6.43. The van der Waals surface area contributed by atoms with Crippen molar-refractivity contribution in [1.29, 1.82) is 0 Å². The summed E-state index contributed by atoms with van der Waals surface area (Å²) < 4.78 is 28.2. The lowest BCUT2D eigenvalue weighted by molar-refractivity contribution is 0.517. The Morgan fingerprint density at radius 3 is 2.63 bits per heavy atom. The molecule has 1 atom stereocenters. The van der Waals surface area contributed by atoms with E-state index in [0.717, 1.165) is 25.6 Å². The molecule has 1 aromatic carbocycles. The molecule has 0 radical (unpaired) electrons. The number of rotatable bonds is 6. The fraction of sp³-hybridized carbons (Fsp3) is 0.357. The van der Waals surface area contributed by atoms with E-state index in [1.165, 1.54) is 12.1 Å². The molecule has 1 aromatic heterocycles. The van der Waals surface area contributed by atoms with Crippen LogP contribution in [0.3, 0.4) is 0 Å². The summed E-state index contributed by atoms with van der Waals surface area (Å²) in [5, 5.41) is 3.25. The molecule has 5 heteroatoms. The Labute approximate surface area is 111 Å². The highest BCUT2D eigenvalue weighted by Crippen LogP contribution is 2.15. The van der Waals surface area contributed by atoms with Gasteiger partial charge in [-0.2, -0.15) is 0 Å². The fourth-order valence-electron chi connectivity index (χ4n) is 1.94. The largest absolute Gasteiger partial charge is 0.337 e. The van der Waals surface area contributed by atoms with Crippen LogP contribution in [0.2, 0.25) is 0 Å². The third-order valence-corrected chi connectivity index (χ3v) is 2.99. The highest BCUT2D eigenvalue weighted by atomic mass is 19.1. The van der Waals surface area contributed by atoms with E-state index >= 15 is 0 Å². The molecule has 0 saturated heterocycles. The highest BCUT2D eigenvalue weighted by Gasteiger charge is 2.07. The smallest absolute Gasteiger partial charge is 0.126 e. The predicted molar refractivity (Wildman–Crippen MR) is 69.6 cm³/mol. The monoisotopic (exact) mass is 265 g/mol. The minimum absolute atomic E-state index is 0.0759. The fourth-order valence-corrected chi connectivity index (χ4v) is 1.94. The first kappa shape index (κ1) is 13.7. The first-order valence-corrected chi connectivity index (χ1v) is 6.30. The van der Waals surface area contributed by atoms with E-state index in [0.29, 0.717) is 5.56 Å². The highest BCUT2D eigenvalue weighted by molar-refractivity contribution is 5.20. The van der Waals surface area contributed by atoms with Crippen molar-refractivity contribution in [2.45, 2.75) is 25.9 Å². The van der Waals surface area contributed by atoms with Crippen LogP contribution in [0.5, 0.6) is 0 Å². The zero-order chi connectivity index (χ0) is 13.7. The van der Waals surface area contributed by atoms with Gasteiger partial charge in [-0.15, -0.1) is 0 Å². The Bertz CT molecular complexity index is 491. The number of imidazole rings is 1. The van der Waals surface area contributed by atoms with Gasteiger partial charge in [-0.05, 0) is 37.6 Å². The van der Waals surface area contributed by atoms with E-state index in [-0.39, 0.29) is 6.04 Å². The summed E-state index contributed by atoms with van der Waals surface area (Å²) >= 11 is 0. The van der Waals surface area contributed by atoms with Gasteiger partial charge >= 0.3 is 0 Å². The SMILES string of the molecule is CC(NCCCn1ccnc1)c1cc(F)cc(F)c1. The Balaban J connectivity index is 1.79. The number of benzene rings is 1. The maximum absolute atomic E-state index is 13.1. The van der Waals surface area contributed by atoms with Gasteiger partial charge in [0.2, 0.25) is 0 Å². The molecular weight excluding hydrogens is 248 g/mol. The van der Waals surface area contributed by atoms with Gasteiger partial charge in [0.1, 0.15) is 11.6 Å². The van der Waals surface area contributed by atoms with Gasteiger partial charge in [0.15, 0.2) is 0 Å². The minimum Gasteiger partial charge on any atom is -0.337 e. The van der Waals surface area contributed by atoms with Crippen molar-refractivity contribution < 1.29 is 8.78 Å². The number of hydrogen-bond donors (Lipinski definition) is 1. The lowest BCUT2D eigenvalue weighted by Crippen LogP contribution is -2.21. The standard InChI is InChI=1S/C14H17F2N3/c1-11(12-7-13(15)9-14(16)8-12)18-3-2-5-19-6-4-17-10-19/h4,6-11,18H,2-3,5H2,1H3. The average molecular weight is 265 g/mol. The van der Waals surface area contributed by atoms with Crippen molar-refractivity contribution in [3.05, 3.63) is 54.1 Å². The van der Waals surface area contributed by atoms with E-state index in [1.807, 2.05) is 17.7 Å². The Kier molecular flexibility index (Phi) is 4.63. The molecule has 1 unspecified atom stereocenters. The van der Waals surface area contributed by atoms with Crippen LogP contribution in [0.4, 0.5) is 8.78 Å². The number of halogens is 2. The number of aromatic nitrogens is 2. The third kappa shape index (κ3) is 4.13. The maximum Gasteiger partial charge on any atom is 0.126 e. The average Bonchev–Trinajstić information content (AvgIpc) is 2.86. The van der Waals surface area contributed by atoms with Gasteiger partial charge in [0.05, 0.1) is 6.33 Å². The number of nitrogens with one attached hydrogen (secondary N) is 1. The summed E-state index contributed by atoms with van der Waals surface area (Å²) in [6.07, 6.45) is 6.35. The summed E-state index contributed by atoms with van der Waals surface area (Å²) in [5.41, 5.74) is 0.625. The van der Waals surface area contributed by atoms with Gasteiger partial charge in [-0.3, -0.25) is 0 Å². The van der Waals surface area contributed by atoms with E-state index in [4.69, 9.17) is 0 Å². The normalized spacial score (nSPS) is 12.6. The quantitative estimate of drug-likeness (QED) is 0.814. The molecule has 1 heterocycles. The Morgan fingerprint density at radius 2 is 2.00 bits per heavy atom. The molecule has 0 bridgehead atoms. The van der Waals surface area contributed by atoms with Crippen LogP contribution in [0.25, 0.3) is 0 Å². The molecule has 0 saturated carbocycles. The molecule has 0 aliphatic carbocycles. The van der Waals surface area contributed by atoms with Crippen LogP contribution >= 0.6 is 0 Å². The summed E-state index contributed by atoms with van der Waals surface area (Å²) in [6.45, 7) is 3.54. The van der Waals surface area contributed by atoms with Gasteiger partial charge in [0, 0.05) is 31.0 Å². The predicted octanol–water partition coefficient (Wildman–Crippen LogP) is 2.90. The molecule has 0 fully saturated rings. The third-order valence-electron chi connectivity index (χ3n) is 2.99. The van der Waals surface area contributed by atoms with Crippen molar-refractivity contribution in [2.24, 2.45) is 0 Å². The Morgan fingerprint density at radius 1 is 1.26 bits per heavy atom. The van der Waals surface area contributed by atoms with Crippen molar-refractivity contribution in [3.63, 3.8) is 0 Å². The molecule has 0 aliphatic heterocycles. The van der Waals surface area contributed by atoms with Gasteiger partial charge < -0.3 is 9.88 Å². The molecule has 2 aromatic rings. The summed E-state index contributed by atoms with van der Waals surface area (Å²) in [6, 6.07) is 3.52. The van der Waals surface area contributed by atoms with E-state index in [2.05, 4.69) is 10.3 Å². The molecule has 2 rings (SSSR count). The maximum atomic E-state index is 13.1. The van der Waals surface area contributed by atoms with Gasteiger partial charge in [0.25, 0.3) is 0 Å².